The number of carbonyl (C=O) groups excluding carboxylic acids is 2. The molecule has 2 fully saturated rings. The van der Waals surface area contributed by atoms with Crippen LogP contribution in [0.15, 0.2) is 41.8 Å². The summed E-state index contributed by atoms with van der Waals surface area (Å²) in [5.74, 6) is -0.312. The van der Waals surface area contributed by atoms with E-state index in [-0.39, 0.29) is 17.9 Å². The summed E-state index contributed by atoms with van der Waals surface area (Å²) in [4.78, 5) is 28.5. The van der Waals surface area contributed by atoms with E-state index < -0.39 is 5.41 Å². The molecule has 1 aromatic carbocycles. The van der Waals surface area contributed by atoms with Crippen LogP contribution in [0.5, 0.6) is 0 Å². The van der Waals surface area contributed by atoms with E-state index in [0.29, 0.717) is 32.5 Å². The quantitative estimate of drug-likeness (QED) is 0.840. The first-order valence-electron chi connectivity index (χ1n) is 9.91. The summed E-state index contributed by atoms with van der Waals surface area (Å²) in [5, 5.41) is 2.05. The fraction of sp³-hybridized carbons (Fsp3) is 0.455. The standard InChI is InChI=1S/C22H26N2O3S/c23-21(26)22(10-5-11-24(15-22)20(25)18-8-3-12-27-18)14-16-6-1-2-7-17(16)19-9-4-13-28-19/h1-2,4,6-7,9,13,18H,3,5,8,10-12,14-15H2,(H2,23,26)/t18-,22-/m0/s1. The van der Waals surface area contributed by atoms with Crippen molar-refractivity contribution >= 4 is 23.2 Å². The third kappa shape index (κ3) is 3.71. The van der Waals surface area contributed by atoms with Gasteiger partial charge in [0.15, 0.2) is 0 Å². The van der Waals surface area contributed by atoms with E-state index in [0.717, 1.165) is 30.4 Å². The molecule has 0 spiro atoms. The number of rotatable bonds is 5. The fourth-order valence-corrected chi connectivity index (χ4v) is 5.23. The zero-order valence-electron chi connectivity index (χ0n) is 15.9. The normalized spacial score (nSPS) is 25.0. The first-order valence-corrected chi connectivity index (χ1v) is 10.8. The summed E-state index contributed by atoms with van der Waals surface area (Å²) >= 11 is 1.68. The molecule has 2 aromatic rings. The second-order valence-electron chi connectivity index (χ2n) is 7.82. The molecule has 0 aliphatic carbocycles. The van der Waals surface area contributed by atoms with Crippen molar-refractivity contribution in [2.45, 2.75) is 38.2 Å². The molecular weight excluding hydrogens is 372 g/mol. The molecule has 0 radical (unpaired) electrons. The maximum absolute atomic E-state index is 12.9. The Morgan fingerprint density at radius 1 is 1.21 bits per heavy atom. The molecule has 5 nitrogen and oxygen atoms in total. The number of hydrogen-bond donors (Lipinski definition) is 1. The Kier molecular flexibility index (Phi) is 5.51. The smallest absolute Gasteiger partial charge is 0.251 e. The molecule has 3 heterocycles. The number of carbonyl (C=O) groups is 2. The lowest BCUT2D eigenvalue weighted by atomic mass is 9.73. The number of ether oxygens (including phenoxy) is 1. The predicted molar refractivity (Wildman–Crippen MR) is 110 cm³/mol. The van der Waals surface area contributed by atoms with Crippen molar-refractivity contribution in [3.8, 4) is 10.4 Å². The first-order chi connectivity index (χ1) is 13.6. The largest absolute Gasteiger partial charge is 0.369 e. The average Bonchev–Trinajstić information content (AvgIpc) is 3.42. The molecule has 6 heteroatoms. The molecule has 1 aromatic heterocycles. The number of hydrogen-bond acceptors (Lipinski definition) is 4. The second kappa shape index (κ2) is 8.05. The lowest BCUT2D eigenvalue weighted by Crippen LogP contribution is -2.55. The van der Waals surface area contributed by atoms with Crippen LogP contribution in [-0.2, 0) is 20.7 Å². The van der Waals surface area contributed by atoms with E-state index in [1.54, 1.807) is 16.2 Å². The molecule has 0 saturated carbocycles. The zero-order valence-corrected chi connectivity index (χ0v) is 16.7. The molecule has 0 bridgehead atoms. The van der Waals surface area contributed by atoms with Crippen molar-refractivity contribution in [2.24, 2.45) is 11.1 Å². The van der Waals surface area contributed by atoms with Gasteiger partial charge in [-0.1, -0.05) is 30.3 Å². The molecule has 2 aliphatic heterocycles. The maximum Gasteiger partial charge on any atom is 0.251 e. The van der Waals surface area contributed by atoms with Crippen LogP contribution in [0, 0.1) is 5.41 Å². The molecule has 2 N–H and O–H groups in total. The number of amides is 2. The number of benzene rings is 1. The topological polar surface area (TPSA) is 72.6 Å². The van der Waals surface area contributed by atoms with Gasteiger partial charge in [0.1, 0.15) is 6.10 Å². The summed E-state index contributed by atoms with van der Waals surface area (Å²) in [6.45, 7) is 1.68. The van der Waals surface area contributed by atoms with Gasteiger partial charge in [-0.25, -0.2) is 0 Å². The summed E-state index contributed by atoms with van der Waals surface area (Å²) in [6.07, 6.45) is 3.35. The van der Waals surface area contributed by atoms with Gasteiger partial charge in [0, 0.05) is 24.6 Å². The predicted octanol–water partition coefficient (Wildman–Crippen LogP) is 3.23. The van der Waals surface area contributed by atoms with Gasteiger partial charge in [-0.2, -0.15) is 0 Å². The highest BCUT2D eigenvalue weighted by Gasteiger charge is 2.44. The number of likely N-dealkylation sites (tertiary alicyclic amines) is 1. The molecule has 148 valence electrons. The minimum atomic E-state index is -0.736. The van der Waals surface area contributed by atoms with Crippen molar-refractivity contribution in [2.75, 3.05) is 19.7 Å². The van der Waals surface area contributed by atoms with Crippen LogP contribution in [0.25, 0.3) is 10.4 Å². The molecule has 4 rings (SSSR count). The van der Waals surface area contributed by atoms with Gasteiger partial charge in [0.25, 0.3) is 5.91 Å². The van der Waals surface area contributed by atoms with Crippen LogP contribution >= 0.6 is 11.3 Å². The van der Waals surface area contributed by atoms with Crippen molar-refractivity contribution in [3.63, 3.8) is 0 Å². The molecule has 2 atom stereocenters. The van der Waals surface area contributed by atoms with Gasteiger partial charge in [-0.15, -0.1) is 11.3 Å². The Hall–Kier alpha value is -2.18. The number of nitrogens with zero attached hydrogens (tertiary/aromatic N) is 1. The summed E-state index contributed by atoms with van der Waals surface area (Å²) < 4.78 is 5.58. The van der Waals surface area contributed by atoms with E-state index in [2.05, 4.69) is 23.6 Å². The zero-order chi connectivity index (χ0) is 19.6. The van der Waals surface area contributed by atoms with Crippen LogP contribution in [0.3, 0.4) is 0 Å². The fourth-order valence-electron chi connectivity index (χ4n) is 4.44. The van der Waals surface area contributed by atoms with E-state index in [1.807, 2.05) is 18.2 Å². The second-order valence-corrected chi connectivity index (χ2v) is 8.77. The third-order valence-electron chi connectivity index (χ3n) is 5.95. The molecular formula is C22H26N2O3S. The number of nitrogens with two attached hydrogens (primary N) is 1. The van der Waals surface area contributed by atoms with Crippen LogP contribution in [0.4, 0.5) is 0 Å². The van der Waals surface area contributed by atoms with Crippen LogP contribution in [-0.4, -0.2) is 42.5 Å². The van der Waals surface area contributed by atoms with Crippen molar-refractivity contribution in [1.29, 1.82) is 0 Å². The van der Waals surface area contributed by atoms with Gasteiger partial charge < -0.3 is 15.4 Å². The SMILES string of the molecule is NC(=O)[C@]1(Cc2ccccc2-c2cccs2)CCCN(C(=O)[C@@H]2CCCO2)C1. The number of primary amides is 1. The molecule has 2 saturated heterocycles. The van der Waals surface area contributed by atoms with Crippen molar-refractivity contribution < 1.29 is 14.3 Å². The molecule has 2 amide bonds. The Morgan fingerprint density at radius 3 is 2.79 bits per heavy atom. The van der Waals surface area contributed by atoms with Crippen molar-refractivity contribution in [3.05, 3.63) is 47.3 Å². The van der Waals surface area contributed by atoms with Crippen LogP contribution in [0.1, 0.15) is 31.2 Å². The molecule has 28 heavy (non-hydrogen) atoms. The number of thiophene rings is 1. The van der Waals surface area contributed by atoms with Gasteiger partial charge in [-0.3, -0.25) is 9.59 Å². The molecule has 2 aliphatic rings. The molecule has 0 unspecified atom stereocenters. The summed E-state index contributed by atoms with van der Waals surface area (Å²) in [7, 11) is 0. The van der Waals surface area contributed by atoms with Gasteiger partial charge in [0.2, 0.25) is 5.91 Å². The van der Waals surface area contributed by atoms with E-state index in [4.69, 9.17) is 10.5 Å². The maximum atomic E-state index is 12.9. The van der Waals surface area contributed by atoms with E-state index in [1.165, 1.54) is 4.88 Å². The van der Waals surface area contributed by atoms with Gasteiger partial charge >= 0.3 is 0 Å². The van der Waals surface area contributed by atoms with Crippen LogP contribution < -0.4 is 5.73 Å². The summed E-state index contributed by atoms with van der Waals surface area (Å²) in [5.41, 5.74) is 7.44. The lowest BCUT2D eigenvalue weighted by molar-refractivity contribution is -0.147. The highest BCUT2D eigenvalue weighted by Crippen LogP contribution is 2.38. The number of piperidine rings is 1. The van der Waals surface area contributed by atoms with Crippen LogP contribution in [0.2, 0.25) is 0 Å². The Bertz CT molecular complexity index is 845. The first kappa shape index (κ1) is 19.2. The summed E-state index contributed by atoms with van der Waals surface area (Å²) in [6, 6.07) is 12.3. The monoisotopic (exact) mass is 398 g/mol. The third-order valence-corrected chi connectivity index (χ3v) is 6.85. The van der Waals surface area contributed by atoms with E-state index >= 15 is 0 Å². The highest BCUT2D eigenvalue weighted by molar-refractivity contribution is 7.13. The average molecular weight is 399 g/mol. The van der Waals surface area contributed by atoms with Gasteiger partial charge in [-0.05, 0) is 54.7 Å². The Morgan fingerprint density at radius 2 is 2.07 bits per heavy atom. The van der Waals surface area contributed by atoms with Crippen molar-refractivity contribution in [1.82, 2.24) is 4.90 Å². The Balaban J connectivity index is 1.60. The van der Waals surface area contributed by atoms with E-state index in [9.17, 15) is 9.59 Å². The minimum absolute atomic E-state index is 0.00867. The highest BCUT2D eigenvalue weighted by atomic mass is 32.1. The van der Waals surface area contributed by atoms with Gasteiger partial charge in [0.05, 0.1) is 5.41 Å². The Labute approximate surface area is 169 Å². The minimum Gasteiger partial charge on any atom is -0.369 e. The lowest BCUT2D eigenvalue weighted by Gasteiger charge is -2.41.